The first kappa shape index (κ1) is 13.0. The average Bonchev–Trinajstić information content (AvgIpc) is 2.33. The van der Waals surface area contributed by atoms with Crippen molar-refractivity contribution in [1.29, 1.82) is 0 Å². The number of aromatic nitrogens is 1. The van der Waals surface area contributed by atoms with E-state index in [4.69, 9.17) is 26.8 Å². The summed E-state index contributed by atoms with van der Waals surface area (Å²) in [4.78, 5) is 4.07. The van der Waals surface area contributed by atoms with E-state index in [2.05, 4.69) is 20.9 Å². The third-order valence-corrected chi connectivity index (χ3v) is 2.89. The molecule has 1 heterocycles. The number of nitrogens with two attached hydrogens (primary N) is 1. The summed E-state index contributed by atoms with van der Waals surface area (Å²) in [5, 5.41) is 0.416. The highest BCUT2D eigenvalue weighted by Crippen LogP contribution is 2.32. The van der Waals surface area contributed by atoms with Gasteiger partial charge >= 0.3 is 0 Å². The van der Waals surface area contributed by atoms with Gasteiger partial charge in [0.2, 0.25) is 5.88 Å². The number of pyridine rings is 1. The van der Waals surface area contributed by atoms with Crippen LogP contribution < -0.4 is 15.2 Å². The van der Waals surface area contributed by atoms with Crippen LogP contribution in [0.4, 0.5) is 5.69 Å². The molecule has 0 aliphatic rings. The van der Waals surface area contributed by atoms with E-state index in [-0.39, 0.29) is 0 Å². The highest BCUT2D eigenvalue weighted by atomic mass is 79.9. The van der Waals surface area contributed by atoms with Crippen LogP contribution in [-0.4, -0.2) is 12.1 Å². The van der Waals surface area contributed by atoms with Gasteiger partial charge in [-0.05, 0) is 34.1 Å². The minimum atomic E-state index is 0.324. The third-order valence-electron chi connectivity index (χ3n) is 2.19. The molecular weight excluding hydrogens is 320 g/mol. The van der Waals surface area contributed by atoms with Gasteiger partial charge in [-0.25, -0.2) is 4.98 Å². The van der Waals surface area contributed by atoms with Gasteiger partial charge in [0, 0.05) is 16.7 Å². The zero-order chi connectivity index (χ0) is 13.1. The molecule has 1 aromatic carbocycles. The van der Waals surface area contributed by atoms with Crippen LogP contribution in [-0.2, 0) is 0 Å². The Morgan fingerprint density at radius 1 is 1.33 bits per heavy atom. The van der Waals surface area contributed by atoms with E-state index in [0.29, 0.717) is 28.1 Å². The second-order valence-corrected chi connectivity index (χ2v) is 4.77. The van der Waals surface area contributed by atoms with Crippen molar-refractivity contribution in [3.05, 3.63) is 40.0 Å². The first-order valence-corrected chi connectivity index (χ1v) is 6.19. The van der Waals surface area contributed by atoms with E-state index >= 15 is 0 Å². The lowest BCUT2D eigenvalue weighted by atomic mass is 10.3. The van der Waals surface area contributed by atoms with Crippen molar-refractivity contribution in [2.45, 2.75) is 0 Å². The molecule has 0 aliphatic heterocycles. The number of hydrogen-bond donors (Lipinski definition) is 1. The Morgan fingerprint density at radius 3 is 2.72 bits per heavy atom. The second kappa shape index (κ2) is 5.46. The lowest BCUT2D eigenvalue weighted by molar-refractivity contribution is 0.414. The molecule has 0 spiro atoms. The van der Waals surface area contributed by atoms with Gasteiger partial charge in [-0.1, -0.05) is 11.6 Å². The van der Waals surface area contributed by atoms with Gasteiger partial charge in [-0.15, -0.1) is 0 Å². The maximum absolute atomic E-state index is 6.00. The summed E-state index contributed by atoms with van der Waals surface area (Å²) < 4.78 is 11.4. The highest BCUT2D eigenvalue weighted by molar-refractivity contribution is 9.10. The van der Waals surface area contributed by atoms with Crippen molar-refractivity contribution in [2.24, 2.45) is 0 Å². The molecule has 18 heavy (non-hydrogen) atoms. The molecule has 0 saturated heterocycles. The van der Waals surface area contributed by atoms with Crippen LogP contribution in [0.1, 0.15) is 0 Å². The van der Waals surface area contributed by atoms with Crippen LogP contribution in [0.5, 0.6) is 17.4 Å². The molecule has 0 fully saturated rings. The molecule has 94 valence electrons. The van der Waals surface area contributed by atoms with Crippen LogP contribution in [0.25, 0.3) is 0 Å². The van der Waals surface area contributed by atoms with Crippen molar-refractivity contribution < 1.29 is 9.47 Å². The number of halogens is 2. The van der Waals surface area contributed by atoms with Crippen LogP contribution in [0.2, 0.25) is 5.02 Å². The number of nitrogen functional groups attached to an aromatic ring is 1. The van der Waals surface area contributed by atoms with E-state index in [9.17, 15) is 0 Å². The normalized spacial score (nSPS) is 10.2. The van der Waals surface area contributed by atoms with E-state index in [1.165, 1.54) is 0 Å². The molecule has 6 heteroatoms. The number of methoxy groups -OCH3 is 1. The van der Waals surface area contributed by atoms with Crippen molar-refractivity contribution in [1.82, 2.24) is 4.98 Å². The zero-order valence-corrected chi connectivity index (χ0v) is 11.8. The average molecular weight is 330 g/mol. The lowest BCUT2D eigenvalue weighted by Crippen LogP contribution is -1.94. The minimum absolute atomic E-state index is 0.324. The van der Waals surface area contributed by atoms with Gasteiger partial charge in [-0.2, -0.15) is 0 Å². The molecule has 0 amide bonds. The Bertz CT molecular complexity index is 578. The largest absolute Gasteiger partial charge is 0.495 e. The monoisotopic (exact) mass is 328 g/mol. The third kappa shape index (κ3) is 2.86. The number of ether oxygens (including phenoxy) is 2. The molecule has 0 radical (unpaired) electrons. The first-order valence-electron chi connectivity index (χ1n) is 5.02. The summed E-state index contributed by atoms with van der Waals surface area (Å²) in [7, 11) is 1.55. The first-order chi connectivity index (χ1) is 8.60. The van der Waals surface area contributed by atoms with Crippen LogP contribution in [0.3, 0.4) is 0 Å². The maximum Gasteiger partial charge on any atom is 0.238 e. The van der Waals surface area contributed by atoms with Crippen molar-refractivity contribution in [3.8, 4) is 17.4 Å². The number of benzene rings is 1. The molecular formula is C12H10BrClN2O2. The predicted molar refractivity (Wildman–Crippen MR) is 74.4 cm³/mol. The Balaban J connectivity index is 2.26. The van der Waals surface area contributed by atoms with Gasteiger partial charge in [0.1, 0.15) is 16.5 Å². The molecule has 2 aromatic rings. The highest BCUT2D eigenvalue weighted by Gasteiger charge is 2.07. The fourth-order valence-electron chi connectivity index (χ4n) is 1.36. The molecule has 0 bridgehead atoms. The van der Waals surface area contributed by atoms with Crippen molar-refractivity contribution >= 4 is 33.2 Å². The van der Waals surface area contributed by atoms with Crippen molar-refractivity contribution in [2.75, 3.05) is 12.8 Å². The second-order valence-electron chi connectivity index (χ2n) is 3.45. The number of nitrogens with zero attached hydrogens (tertiary/aromatic N) is 1. The fourth-order valence-corrected chi connectivity index (χ4v) is 2.03. The van der Waals surface area contributed by atoms with E-state index in [1.807, 2.05) is 0 Å². The maximum atomic E-state index is 6.00. The van der Waals surface area contributed by atoms with Crippen LogP contribution in [0.15, 0.2) is 34.9 Å². The summed E-state index contributed by atoms with van der Waals surface area (Å²) in [5.74, 6) is 1.46. The van der Waals surface area contributed by atoms with Gasteiger partial charge < -0.3 is 15.2 Å². The molecule has 4 nitrogen and oxygen atoms in total. The molecule has 0 atom stereocenters. The lowest BCUT2D eigenvalue weighted by Gasteiger charge is -2.09. The molecule has 1 aromatic heterocycles. The van der Waals surface area contributed by atoms with Gasteiger partial charge in [-0.3, -0.25) is 0 Å². The quantitative estimate of drug-likeness (QED) is 0.868. The summed E-state index contributed by atoms with van der Waals surface area (Å²) in [6, 6.07) is 6.81. The SMILES string of the molecule is COc1ccc(Oc2ncc(Br)cc2Cl)cc1N. The van der Waals surface area contributed by atoms with Crippen molar-refractivity contribution in [3.63, 3.8) is 0 Å². The summed E-state index contributed by atoms with van der Waals surface area (Å²) in [6.45, 7) is 0. The zero-order valence-electron chi connectivity index (χ0n) is 9.48. The number of anilines is 1. The standard InChI is InChI=1S/C12H10BrClN2O2/c1-17-11-3-2-8(5-10(11)15)18-12-9(14)4-7(13)6-16-12/h2-6H,15H2,1H3. The Kier molecular flexibility index (Phi) is 3.93. The van der Waals surface area contributed by atoms with Gasteiger partial charge in [0.25, 0.3) is 0 Å². The summed E-state index contributed by atoms with van der Waals surface area (Å²) in [6.07, 6.45) is 1.61. The minimum Gasteiger partial charge on any atom is -0.495 e. The Labute approximate surface area is 118 Å². The topological polar surface area (TPSA) is 57.4 Å². The van der Waals surface area contributed by atoms with Gasteiger partial charge in [0.05, 0.1) is 12.8 Å². The Morgan fingerprint density at radius 2 is 2.11 bits per heavy atom. The summed E-state index contributed by atoms with van der Waals surface area (Å²) in [5.41, 5.74) is 6.27. The van der Waals surface area contributed by atoms with Gasteiger partial charge in [0.15, 0.2) is 0 Å². The van der Waals surface area contributed by atoms with E-state index < -0.39 is 0 Å². The van der Waals surface area contributed by atoms with Crippen LogP contribution in [0, 0.1) is 0 Å². The molecule has 2 N–H and O–H groups in total. The fraction of sp³-hybridized carbons (Fsp3) is 0.0833. The molecule has 2 rings (SSSR count). The van der Waals surface area contributed by atoms with Crippen LogP contribution >= 0.6 is 27.5 Å². The Hall–Kier alpha value is -1.46. The number of rotatable bonds is 3. The number of hydrogen-bond acceptors (Lipinski definition) is 4. The predicted octanol–water partition coefficient (Wildman–Crippen LogP) is 3.88. The van der Waals surface area contributed by atoms with E-state index in [1.54, 1.807) is 37.6 Å². The molecule has 0 saturated carbocycles. The summed E-state index contributed by atoms with van der Waals surface area (Å²) >= 11 is 9.28. The van der Waals surface area contributed by atoms with E-state index in [0.717, 1.165) is 4.47 Å². The molecule has 0 unspecified atom stereocenters. The smallest absolute Gasteiger partial charge is 0.238 e. The molecule has 0 aliphatic carbocycles.